The van der Waals surface area contributed by atoms with Gasteiger partial charge >= 0.3 is 0 Å². The highest BCUT2D eigenvalue weighted by Crippen LogP contribution is 2.56. The second kappa shape index (κ2) is 18.3. The molecule has 358 valence electrons. The lowest BCUT2D eigenvalue weighted by molar-refractivity contribution is -0.164. The average molecular weight is 929 g/mol. The number of hydrogen-bond acceptors (Lipinski definition) is 10. The fourth-order valence-electron chi connectivity index (χ4n) is 12.2. The molecule has 14 nitrogen and oxygen atoms in total. The van der Waals surface area contributed by atoms with Crippen LogP contribution in [0.1, 0.15) is 93.5 Å². The number of carbonyl (C=O) groups excluding carboxylic acids is 2. The molecule has 1 aliphatic carbocycles. The number of carbonyl (C=O) groups is 2. The van der Waals surface area contributed by atoms with Crippen LogP contribution in [0.3, 0.4) is 0 Å². The van der Waals surface area contributed by atoms with Gasteiger partial charge in [0, 0.05) is 141 Å². The van der Waals surface area contributed by atoms with E-state index >= 15 is 0 Å². The van der Waals surface area contributed by atoms with E-state index in [1.165, 1.54) is 5.69 Å². The predicted octanol–water partition coefficient (Wildman–Crippen LogP) is 8.45. The summed E-state index contributed by atoms with van der Waals surface area (Å²) in [4.78, 5) is 38.3. The largest absolute Gasteiger partial charge is 0.495 e. The fraction of sp³-hybridized carbons (Fsp3) is 0.455. The van der Waals surface area contributed by atoms with Crippen molar-refractivity contribution in [3.05, 3.63) is 108 Å². The molecule has 3 fully saturated rings. The number of aryl methyl sites for hydroxylation is 1. The van der Waals surface area contributed by atoms with Gasteiger partial charge in [-0.15, -0.1) is 0 Å². The summed E-state index contributed by atoms with van der Waals surface area (Å²) in [6.07, 6.45) is 10.8. The molecule has 3 aliphatic heterocycles. The van der Waals surface area contributed by atoms with Crippen molar-refractivity contribution in [3.8, 4) is 40.1 Å². The normalized spacial score (nSPS) is 20.5. The first-order chi connectivity index (χ1) is 33.2. The van der Waals surface area contributed by atoms with Crippen LogP contribution in [0.4, 0.5) is 5.69 Å². The van der Waals surface area contributed by atoms with Crippen molar-refractivity contribution in [2.75, 3.05) is 51.3 Å². The first kappa shape index (κ1) is 46.0. The molecule has 3 aromatic heterocycles. The lowest BCUT2D eigenvalue weighted by Crippen LogP contribution is -2.74. The lowest BCUT2D eigenvalue weighted by atomic mass is 9.49. The number of hydrogen-bond donors (Lipinski definition) is 1. The van der Waals surface area contributed by atoms with Gasteiger partial charge < -0.3 is 29.5 Å². The molecule has 69 heavy (non-hydrogen) atoms. The highest BCUT2D eigenvalue weighted by molar-refractivity contribution is 5.98. The van der Waals surface area contributed by atoms with Gasteiger partial charge in [0.2, 0.25) is 5.91 Å². The van der Waals surface area contributed by atoms with Gasteiger partial charge in [0.25, 0.3) is 5.91 Å². The minimum absolute atomic E-state index is 0.0837. The van der Waals surface area contributed by atoms with E-state index in [9.17, 15) is 14.9 Å². The first-order valence-corrected chi connectivity index (χ1v) is 24.6. The molecule has 1 N–H and O–H groups in total. The van der Waals surface area contributed by atoms with Crippen LogP contribution in [-0.4, -0.2) is 105 Å². The Kier molecular flexibility index (Phi) is 12.2. The van der Waals surface area contributed by atoms with E-state index in [1.807, 2.05) is 42.7 Å². The minimum Gasteiger partial charge on any atom is -0.495 e. The number of nitriles is 1. The van der Waals surface area contributed by atoms with Crippen LogP contribution in [-0.2, 0) is 24.8 Å². The summed E-state index contributed by atoms with van der Waals surface area (Å²) in [6.45, 7) is 16.7. The molecule has 10 rings (SSSR count). The number of nitrogens with zero attached hydrogens (tertiary/aromatic N) is 9. The van der Waals surface area contributed by atoms with Crippen LogP contribution in [0.5, 0.6) is 11.5 Å². The molecule has 0 atom stereocenters. The Hall–Kier alpha value is -6.72. The smallest absolute Gasteiger partial charge is 0.251 e. The number of pyridine rings is 1. The van der Waals surface area contributed by atoms with Crippen molar-refractivity contribution in [2.24, 2.45) is 23.8 Å². The third-order valence-corrected chi connectivity index (χ3v) is 15.7. The van der Waals surface area contributed by atoms with Gasteiger partial charge in [-0.3, -0.25) is 23.9 Å². The zero-order valence-electron chi connectivity index (χ0n) is 41.0. The summed E-state index contributed by atoms with van der Waals surface area (Å²) in [6, 6.07) is 24.2. The van der Waals surface area contributed by atoms with E-state index in [1.54, 1.807) is 36.9 Å². The molecule has 6 heterocycles. The number of anilines is 1. The molecular weight excluding hydrogens is 865 g/mol. The SMILES string of the molecule is COc1cc(OC2C(C)(C)C(NC(=O)c3ccc(N4CCC(CN5CCC(n6nc(-c7cccc8cc(-c9cnn(C)c9)ncc78)c7c6CCN(C(C)=O)C7)CC5)CC4)cc3)C2(C)C)ccc1C#N. The predicted molar refractivity (Wildman–Crippen MR) is 267 cm³/mol. The van der Waals surface area contributed by atoms with E-state index in [0.717, 1.165) is 109 Å². The van der Waals surface area contributed by atoms with Crippen molar-refractivity contribution in [3.63, 3.8) is 0 Å². The van der Waals surface area contributed by atoms with E-state index in [4.69, 9.17) is 19.6 Å². The minimum atomic E-state index is -0.338. The van der Waals surface area contributed by atoms with Gasteiger partial charge in [0.1, 0.15) is 23.7 Å². The molecule has 2 amide bonds. The molecule has 3 aromatic carbocycles. The zero-order valence-corrected chi connectivity index (χ0v) is 41.0. The van der Waals surface area contributed by atoms with E-state index < -0.39 is 0 Å². The number of benzene rings is 3. The number of fused-ring (bicyclic) bond motifs is 2. The molecule has 0 bridgehead atoms. The highest BCUT2D eigenvalue weighted by Gasteiger charge is 2.64. The number of piperidine rings is 2. The molecule has 0 spiro atoms. The van der Waals surface area contributed by atoms with Crippen LogP contribution < -0.4 is 19.7 Å². The number of amides is 2. The summed E-state index contributed by atoms with van der Waals surface area (Å²) >= 11 is 0. The Morgan fingerprint density at radius 1 is 0.913 bits per heavy atom. The zero-order chi connectivity index (χ0) is 48.2. The molecule has 4 aliphatic rings. The number of aromatic nitrogens is 5. The van der Waals surface area contributed by atoms with E-state index in [0.29, 0.717) is 47.7 Å². The summed E-state index contributed by atoms with van der Waals surface area (Å²) in [5, 5.41) is 24.7. The highest BCUT2D eigenvalue weighted by atomic mass is 16.5. The van der Waals surface area contributed by atoms with Crippen molar-refractivity contribution < 1.29 is 19.1 Å². The molecule has 0 unspecified atom stereocenters. The Balaban J connectivity index is 0.735. The van der Waals surface area contributed by atoms with Gasteiger partial charge in [-0.25, -0.2) is 0 Å². The van der Waals surface area contributed by atoms with Gasteiger partial charge in [-0.1, -0.05) is 45.9 Å². The average Bonchev–Trinajstić information content (AvgIpc) is 3.98. The van der Waals surface area contributed by atoms with Crippen molar-refractivity contribution in [2.45, 2.75) is 91.5 Å². The van der Waals surface area contributed by atoms with E-state index in [2.05, 4.69) is 95.1 Å². The molecule has 6 aromatic rings. The summed E-state index contributed by atoms with van der Waals surface area (Å²) in [7, 11) is 3.46. The van der Waals surface area contributed by atoms with Crippen LogP contribution in [0.25, 0.3) is 33.3 Å². The second-order valence-electron chi connectivity index (χ2n) is 20.9. The van der Waals surface area contributed by atoms with Crippen LogP contribution in [0.15, 0.2) is 85.3 Å². The third kappa shape index (κ3) is 8.71. The van der Waals surface area contributed by atoms with Crippen LogP contribution in [0, 0.1) is 28.1 Å². The number of ether oxygens (including phenoxy) is 2. The maximum Gasteiger partial charge on any atom is 0.251 e. The van der Waals surface area contributed by atoms with Crippen LogP contribution >= 0.6 is 0 Å². The van der Waals surface area contributed by atoms with Crippen molar-refractivity contribution >= 4 is 28.3 Å². The second-order valence-corrected chi connectivity index (χ2v) is 20.9. The quantitative estimate of drug-likeness (QED) is 0.134. The Bertz CT molecular complexity index is 2920. The first-order valence-electron chi connectivity index (χ1n) is 24.6. The molecule has 0 radical (unpaired) electrons. The number of methoxy groups -OCH3 is 1. The van der Waals surface area contributed by atoms with Gasteiger partial charge in [-0.05, 0) is 79.5 Å². The fourth-order valence-corrected chi connectivity index (χ4v) is 12.2. The molecule has 2 saturated heterocycles. The molecule has 1 saturated carbocycles. The Morgan fingerprint density at radius 2 is 1.67 bits per heavy atom. The van der Waals surface area contributed by atoms with Crippen LogP contribution in [0.2, 0.25) is 0 Å². The summed E-state index contributed by atoms with van der Waals surface area (Å²) in [5.41, 5.74) is 7.92. The Morgan fingerprint density at radius 3 is 2.35 bits per heavy atom. The van der Waals surface area contributed by atoms with Gasteiger partial charge in [-0.2, -0.15) is 15.5 Å². The van der Waals surface area contributed by atoms with Gasteiger partial charge in [0.05, 0.1) is 36.3 Å². The number of nitrogens with one attached hydrogen (secondary N) is 1. The summed E-state index contributed by atoms with van der Waals surface area (Å²) in [5.74, 6) is 1.78. The summed E-state index contributed by atoms with van der Waals surface area (Å²) < 4.78 is 16.0. The monoisotopic (exact) mass is 929 g/mol. The maximum atomic E-state index is 13.7. The van der Waals surface area contributed by atoms with Crippen molar-refractivity contribution in [1.29, 1.82) is 5.26 Å². The topological polar surface area (TPSA) is 147 Å². The van der Waals surface area contributed by atoms with Crippen molar-refractivity contribution in [1.82, 2.24) is 39.7 Å². The number of rotatable bonds is 11. The standard InChI is InChI=1S/C55H64N10O4/c1-35(66)64-26-21-48-46(34-64)50(44-10-8-9-38-27-47(57-31-45(38)44)40-30-58-61(6)33-40)60-65(48)42-19-22-62(23-20-42)32-36-17-24-63(25-18-36)41-14-11-37(12-15-41)51(67)59-52-54(2,3)53(55(52,4)5)69-43-16-13-39(29-56)49(28-43)68-7/h8-16,27-28,30-31,33,36,42,52-53H,17-26,32,34H2,1-7H3,(H,59,67). The van der Waals surface area contributed by atoms with Gasteiger partial charge in [0.15, 0.2) is 0 Å². The maximum absolute atomic E-state index is 13.7. The number of likely N-dealkylation sites (tertiary alicyclic amines) is 1. The molecule has 14 heteroatoms. The Labute approximate surface area is 405 Å². The molecular formula is C55H64N10O4. The third-order valence-electron chi connectivity index (χ3n) is 15.7. The lowest BCUT2D eigenvalue weighted by Gasteiger charge is -2.63. The van der Waals surface area contributed by atoms with E-state index in [-0.39, 0.29) is 34.8 Å².